The number of carbonyl (C=O) groups excluding carboxylic acids is 2. The molecule has 26 heavy (non-hydrogen) atoms. The molecule has 0 spiro atoms. The highest BCUT2D eigenvalue weighted by Gasteiger charge is 2.26. The molecule has 0 radical (unpaired) electrons. The average Bonchev–Trinajstić information content (AvgIpc) is 3.11. The molecule has 2 N–H and O–H groups in total. The zero-order valence-corrected chi connectivity index (χ0v) is 16.3. The highest BCUT2D eigenvalue weighted by Crippen LogP contribution is 2.35. The normalized spacial score (nSPS) is 16.1. The van der Waals surface area contributed by atoms with Gasteiger partial charge in [-0.05, 0) is 45.5 Å². The number of nitrogens with zero attached hydrogens (tertiary/aromatic N) is 2. The zero-order chi connectivity index (χ0) is 18.8. The van der Waals surface area contributed by atoms with Crippen molar-refractivity contribution in [3.63, 3.8) is 0 Å². The third-order valence-corrected chi connectivity index (χ3v) is 5.12. The Morgan fingerprint density at radius 3 is 2.92 bits per heavy atom. The van der Waals surface area contributed by atoms with Crippen LogP contribution in [0.5, 0.6) is 0 Å². The third kappa shape index (κ3) is 4.11. The van der Waals surface area contributed by atoms with E-state index in [9.17, 15) is 9.59 Å². The number of hydrogen-bond donors (Lipinski definition) is 2. The van der Waals surface area contributed by atoms with E-state index in [1.165, 1.54) is 0 Å². The van der Waals surface area contributed by atoms with Crippen molar-refractivity contribution in [3.05, 3.63) is 34.2 Å². The average molecular weight is 372 g/mol. The minimum Gasteiger partial charge on any atom is -0.353 e. The van der Waals surface area contributed by atoms with Crippen molar-refractivity contribution < 1.29 is 9.59 Å². The van der Waals surface area contributed by atoms with Crippen molar-refractivity contribution in [1.29, 1.82) is 0 Å². The minimum atomic E-state index is -0.131. The van der Waals surface area contributed by atoms with E-state index in [2.05, 4.69) is 10.6 Å². The van der Waals surface area contributed by atoms with Crippen LogP contribution in [0.1, 0.15) is 37.3 Å². The Kier molecular flexibility index (Phi) is 5.38. The summed E-state index contributed by atoms with van der Waals surface area (Å²) >= 11 is 1.58. The van der Waals surface area contributed by atoms with Crippen LogP contribution in [0.2, 0.25) is 0 Å². The molecule has 0 bridgehead atoms. The molecule has 1 aromatic heterocycles. The van der Waals surface area contributed by atoms with E-state index < -0.39 is 0 Å². The maximum Gasteiger partial charge on any atom is 0.234 e. The molecule has 2 heterocycles. The first kappa shape index (κ1) is 18.5. The zero-order valence-electron chi connectivity index (χ0n) is 15.5. The molecule has 1 aliphatic rings. The van der Waals surface area contributed by atoms with Gasteiger partial charge < -0.3 is 10.6 Å². The summed E-state index contributed by atoms with van der Waals surface area (Å²) in [6.45, 7) is 6.78. The smallest absolute Gasteiger partial charge is 0.234 e. The fourth-order valence-electron chi connectivity index (χ4n) is 2.99. The first-order chi connectivity index (χ1) is 12.3. The minimum absolute atomic E-state index is 0.0176. The molecule has 0 saturated carbocycles. The largest absolute Gasteiger partial charge is 0.353 e. The van der Waals surface area contributed by atoms with Crippen molar-refractivity contribution in [2.75, 3.05) is 18.9 Å². The summed E-state index contributed by atoms with van der Waals surface area (Å²) in [5.41, 5.74) is 3.82. The predicted molar refractivity (Wildman–Crippen MR) is 104 cm³/mol. The summed E-state index contributed by atoms with van der Waals surface area (Å²) in [5.74, 6) is -0.0740. The van der Waals surface area contributed by atoms with Crippen LogP contribution >= 0.6 is 11.3 Å². The molecule has 0 saturated heterocycles. The molecule has 1 aliphatic heterocycles. The summed E-state index contributed by atoms with van der Waals surface area (Å²) in [6, 6.07) is 6.10. The molecular weight excluding hydrogens is 348 g/mol. The van der Waals surface area contributed by atoms with E-state index in [1.807, 2.05) is 56.3 Å². The van der Waals surface area contributed by atoms with Crippen LogP contribution in [0.3, 0.4) is 0 Å². The van der Waals surface area contributed by atoms with Crippen LogP contribution in [0.15, 0.2) is 23.6 Å². The summed E-state index contributed by atoms with van der Waals surface area (Å²) in [6.07, 6.45) is 0. The molecule has 2 amide bonds. The lowest BCUT2D eigenvalue weighted by Crippen LogP contribution is -2.38. The Balaban J connectivity index is 1.67. The molecule has 3 rings (SSSR count). The molecule has 2 aromatic rings. The number of thiazole rings is 1. The SMILES string of the molecule is CC(C)NC(=O)CN(C)Cc1nc(-c2ccc3c(c2)[C@@H](C)C(=O)N3)cs1. The lowest BCUT2D eigenvalue weighted by Gasteiger charge is -2.16. The summed E-state index contributed by atoms with van der Waals surface area (Å²) in [7, 11) is 1.91. The molecule has 0 unspecified atom stereocenters. The first-order valence-corrected chi connectivity index (χ1v) is 9.59. The molecule has 7 heteroatoms. The van der Waals surface area contributed by atoms with Crippen molar-refractivity contribution in [3.8, 4) is 11.3 Å². The van der Waals surface area contributed by atoms with Gasteiger partial charge in [-0.1, -0.05) is 6.07 Å². The number of aromatic nitrogens is 1. The Labute approximate surface area is 157 Å². The third-order valence-electron chi connectivity index (χ3n) is 4.29. The maximum absolute atomic E-state index is 11.8. The van der Waals surface area contributed by atoms with Crippen molar-refractivity contribution in [2.45, 2.75) is 39.3 Å². The van der Waals surface area contributed by atoms with Gasteiger partial charge in [-0.2, -0.15) is 0 Å². The van der Waals surface area contributed by atoms with Crippen molar-refractivity contribution in [2.24, 2.45) is 0 Å². The van der Waals surface area contributed by atoms with E-state index >= 15 is 0 Å². The summed E-state index contributed by atoms with van der Waals surface area (Å²) in [5, 5.41) is 8.76. The summed E-state index contributed by atoms with van der Waals surface area (Å²) < 4.78 is 0. The van der Waals surface area contributed by atoms with Gasteiger partial charge in [0.05, 0.1) is 24.7 Å². The number of fused-ring (bicyclic) bond motifs is 1. The van der Waals surface area contributed by atoms with E-state index in [0.717, 1.165) is 27.5 Å². The lowest BCUT2D eigenvalue weighted by molar-refractivity contribution is -0.122. The standard InChI is InChI=1S/C19H24N4O2S/c1-11(2)20-17(24)8-23(4)9-18-21-16(10-26-18)13-5-6-15-14(7-13)12(3)19(25)22-15/h5-7,10-12H,8-9H2,1-4H3,(H,20,24)(H,22,25)/t12-/m1/s1. The summed E-state index contributed by atoms with van der Waals surface area (Å²) in [4.78, 5) is 30.3. The van der Waals surface area contributed by atoms with Gasteiger partial charge in [0, 0.05) is 22.7 Å². The second-order valence-corrected chi connectivity index (χ2v) is 7.98. The number of likely N-dealkylation sites (N-methyl/N-ethyl adjacent to an activating group) is 1. The molecule has 1 aromatic carbocycles. The van der Waals surface area contributed by atoms with Gasteiger partial charge in [0.15, 0.2) is 0 Å². The number of nitrogens with one attached hydrogen (secondary N) is 2. The van der Waals surface area contributed by atoms with Gasteiger partial charge in [-0.3, -0.25) is 14.5 Å². The number of anilines is 1. The molecular formula is C19H24N4O2S. The van der Waals surface area contributed by atoms with Crippen LogP contribution in [0.25, 0.3) is 11.3 Å². The quantitative estimate of drug-likeness (QED) is 0.818. The van der Waals surface area contributed by atoms with Gasteiger partial charge in [0.1, 0.15) is 5.01 Å². The fourth-order valence-corrected chi connectivity index (χ4v) is 3.87. The van der Waals surface area contributed by atoms with Gasteiger partial charge >= 0.3 is 0 Å². The van der Waals surface area contributed by atoms with Gasteiger partial charge in [0.2, 0.25) is 11.8 Å². The van der Waals surface area contributed by atoms with Crippen LogP contribution in [-0.4, -0.2) is 41.3 Å². The van der Waals surface area contributed by atoms with Gasteiger partial charge in [0.25, 0.3) is 0 Å². The number of benzene rings is 1. The molecule has 6 nitrogen and oxygen atoms in total. The van der Waals surface area contributed by atoms with E-state index in [0.29, 0.717) is 13.1 Å². The van der Waals surface area contributed by atoms with Crippen LogP contribution < -0.4 is 10.6 Å². The Hall–Kier alpha value is -2.25. The molecule has 138 valence electrons. The Bertz CT molecular complexity index is 831. The van der Waals surface area contributed by atoms with Crippen LogP contribution in [0.4, 0.5) is 5.69 Å². The predicted octanol–water partition coefficient (Wildman–Crippen LogP) is 2.82. The Morgan fingerprint density at radius 2 is 2.19 bits per heavy atom. The van der Waals surface area contributed by atoms with Crippen molar-refractivity contribution in [1.82, 2.24) is 15.2 Å². The first-order valence-electron chi connectivity index (χ1n) is 8.71. The molecule has 1 atom stereocenters. The van der Waals surface area contributed by atoms with Crippen LogP contribution in [-0.2, 0) is 16.1 Å². The number of amides is 2. The maximum atomic E-state index is 11.8. The highest BCUT2D eigenvalue weighted by atomic mass is 32.1. The van der Waals surface area contributed by atoms with Crippen LogP contribution in [0, 0.1) is 0 Å². The Morgan fingerprint density at radius 1 is 1.42 bits per heavy atom. The van der Waals surface area contributed by atoms with E-state index in [4.69, 9.17) is 4.98 Å². The monoisotopic (exact) mass is 372 g/mol. The van der Waals surface area contributed by atoms with Crippen molar-refractivity contribution >= 4 is 28.8 Å². The number of hydrogen-bond acceptors (Lipinski definition) is 5. The van der Waals surface area contributed by atoms with E-state index in [1.54, 1.807) is 11.3 Å². The number of carbonyl (C=O) groups is 2. The van der Waals surface area contributed by atoms with E-state index in [-0.39, 0.29) is 23.8 Å². The molecule has 0 aliphatic carbocycles. The second kappa shape index (κ2) is 7.55. The lowest BCUT2D eigenvalue weighted by atomic mass is 10.00. The molecule has 0 fully saturated rings. The van der Waals surface area contributed by atoms with Gasteiger partial charge in [-0.25, -0.2) is 4.98 Å². The topological polar surface area (TPSA) is 74.3 Å². The highest BCUT2D eigenvalue weighted by molar-refractivity contribution is 7.09. The fraction of sp³-hybridized carbons (Fsp3) is 0.421. The number of rotatable bonds is 6. The van der Waals surface area contributed by atoms with Gasteiger partial charge in [-0.15, -0.1) is 11.3 Å². The second-order valence-electron chi connectivity index (χ2n) is 7.03.